The zero-order chi connectivity index (χ0) is 20.7. The third kappa shape index (κ3) is 6.54. The number of halogens is 2. The van der Waals surface area contributed by atoms with Crippen molar-refractivity contribution in [3.05, 3.63) is 64.7 Å². The lowest BCUT2D eigenvalue weighted by molar-refractivity contribution is 0.0520. The molecule has 0 saturated carbocycles. The first-order valence-electron chi connectivity index (χ1n) is 8.74. The molecule has 148 valence electrons. The van der Waals surface area contributed by atoms with Gasteiger partial charge in [-0.1, -0.05) is 6.07 Å². The van der Waals surface area contributed by atoms with Crippen LogP contribution in [0.2, 0.25) is 0 Å². The first-order valence-corrected chi connectivity index (χ1v) is 8.74. The number of nitrogens with zero attached hydrogens (tertiary/aromatic N) is 1. The van der Waals surface area contributed by atoms with Crippen molar-refractivity contribution in [3.8, 4) is 11.8 Å². The highest BCUT2D eigenvalue weighted by molar-refractivity contribution is 5.67. The zero-order valence-corrected chi connectivity index (χ0v) is 16.0. The average molecular weight is 388 g/mol. The SMILES string of the molecule is CC(C)(C)OC(=O)NCCOc1ccc(F)cc1Cc1ccc(F)c(C#N)c1. The predicted molar refractivity (Wildman–Crippen MR) is 100 cm³/mol. The van der Waals surface area contributed by atoms with Gasteiger partial charge in [0.25, 0.3) is 0 Å². The van der Waals surface area contributed by atoms with E-state index in [0.717, 1.165) is 0 Å². The molecule has 0 aliphatic rings. The van der Waals surface area contributed by atoms with Crippen molar-refractivity contribution >= 4 is 6.09 Å². The van der Waals surface area contributed by atoms with Gasteiger partial charge in [-0.25, -0.2) is 13.6 Å². The number of amides is 1. The second-order valence-electron chi connectivity index (χ2n) is 7.13. The van der Waals surface area contributed by atoms with Crippen molar-refractivity contribution in [2.45, 2.75) is 32.8 Å². The van der Waals surface area contributed by atoms with E-state index < -0.39 is 23.3 Å². The Morgan fingerprint density at radius 1 is 1.18 bits per heavy atom. The zero-order valence-electron chi connectivity index (χ0n) is 16.0. The largest absolute Gasteiger partial charge is 0.491 e. The van der Waals surface area contributed by atoms with Gasteiger partial charge < -0.3 is 14.8 Å². The Labute approximate surface area is 162 Å². The van der Waals surface area contributed by atoms with E-state index in [-0.39, 0.29) is 25.1 Å². The van der Waals surface area contributed by atoms with Crippen LogP contribution in [-0.2, 0) is 11.2 Å². The maximum Gasteiger partial charge on any atom is 0.407 e. The molecule has 0 aromatic heterocycles. The van der Waals surface area contributed by atoms with Crippen LogP contribution in [0.25, 0.3) is 0 Å². The van der Waals surface area contributed by atoms with Gasteiger partial charge in [0.2, 0.25) is 0 Å². The third-order valence-electron chi connectivity index (χ3n) is 3.60. The van der Waals surface area contributed by atoms with Gasteiger partial charge in [-0.05, 0) is 56.7 Å². The van der Waals surface area contributed by atoms with Crippen molar-refractivity contribution in [1.82, 2.24) is 5.32 Å². The van der Waals surface area contributed by atoms with Crippen LogP contribution in [0.1, 0.15) is 37.5 Å². The normalized spacial score (nSPS) is 10.9. The highest BCUT2D eigenvalue weighted by Crippen LogP contribution is 2.24. The van der Waals surface area contributed by atoms with Crippen molar-refractivity contribution in [3.63, 3.8) is 0 Å². The smallest absolute Gasteiger partial charge is 0.407 e. The molecule has 1 N–H and O–H groups in total. The number of nitriles is 1. The van der Waals surface area contributed by atoms with Crippen LogP contribution in [0.3, 0.4) is 0 Å². The van der Waals surface area contributed by atoms with E-state index in [1.165, 1.54) is 36.4 Å². The lowest BCUT2D eigenvalue weighted by atomic mass is 10.0. The first-order chi connectivity index (χ1) is 13.2. The standard InChI is InChI=1S/C21H22F2N2O3/c1-21(2,3)28-20(26)25-8-9-27-19-7-5-17(22)12-15(19)10-14-4-6-18(23)16(11-14)13-24/h4-7,11-12H,8-10H2,1-3H3,(H,25,26). The minimum atomic E-state index is -0.602. The Bertz CT molecular complexity index is 886. The van der Waals surface area contributed by atoms with Crippen LogP contribution in [0.4, 0.5) is 13.6 Å². The van der Waals surface area contributed by atoms with E-state index in [1.807, 2.05) is 0 Å². The van der Waals surface area contributed by atoms with Gasteiger partial charge in [0.1, 0.15) is 35.7 Å². The predicted octanol–water partition coefficient (Wildman–Crippen LogP) is 4.33. The van der Waals surface area contributed by atoms with Crippen molar-refractivity contribution in [2.75, 3.05) is 13.2 Å². The van der Waals surface area contributed by atoms with Gasteiger partial charge in [0.05, 0.1) is 12.1 Å². The van der Waals surface area contributed by atoms with Gasteiger partial charge in [0.15, 0.2) is 0 Å². The number of carbonyl (C=O) groups excluding carboxylic acids is 1. The Morgan fingerprint density at radius 3 is 2.61 bits per heavy atom. The fourth-order valence-corrected chi connectivity index (χ4v) is 2.44. The van der Waals surface area contributed by atoms with E-state index in [4.69, 9.17) is 14.7 Å². The van der Waals surface area contributed by atoms with Gasteiger partial charge in [-0.3, -0.25) is 0 Å². The number of nitrogens with one attached hydrogen (secondary N) is 1. The third-order valence-corrected chi connectivity index (χ3v) is 3.60. The van der Waals surface area contributed by atoms with E-state index in [2.05, 4.69) is 5.32 Å². The molecule has 0 aliphatic carbocycles. The van der Waals surface area contributed by atoms with E-state index in [0.29, 0.717) is 16.9 Å². The summed E-state index contributed by atoms with van der Waals surface area (Å²) in [5, 5.41) is 11.5. The van der Waals surface area contributed by atoms with Crippen molar-refractivity contribution < 1.29 is 23.0 Å². The van der Waals surface area contributed by atoms with Crippen LogP contribution in [-0.4, -0.2) is 24.8 Å². The number of carbonyl (C=O) groups is 1. The highest BCUT2D eigenvalue weighted by atomic mass is 19.1. The quantitative estimate of drug-likeness (QED) is 0.748. The molecular weight excluding hydrogens is 366 g/mol. The lowest BCUT2D eigenvalue weighted by Gasteiger charge is -2.19. The second-order valence-corrected chi connectivity index (χ2v) is 7.13. The van der Waals surface area contributed by atoms with Gasteiger partial charge in [-0.2, -0.15) is 5.26 Å². The number of alkyl carbamates (subject to hydrolysis) is 1. The average Bonchev–Trinajstić information content (AvgIpc) is 2.60. The molecule has 7 heteroatoms. The second kappa shape index (κ2) is 9.18. The summed E-state index contributed by atoms with van der Waals surface area (Å²) in [4.78, 5) is 11.6. The fraction of sp³-hybridized carbons (Fsp3) is 0.333. The summed E-state index contributed by atoms with van der Waals surface area (Å²) < 4.78 is 37.9. The van der Waals surface area contributed by atoms with Crippen LogP contribution in [0, 0.1) is 23.0 Å². The molecule has 0 radical (unpaired) electrons. The Kier molecular flexibility index (Phi) is 6.94. The Balaban J connectivity index is 2.01. The fourth-order valence-electron chi connectivity index (χ4n) is 2.44. The van der Waals surface area contributed by atoms with Crippen LogP contribution < -0.4 is 10.1 Å². The van der Waals surface area contributed by atoms with Crippen molar-refractivity contribution in [1.29, 1.82) is 5.26 Å². The molecule has 1 amide bonds. The molecule has 0 bridgehead atoms. The molecule has 5 nitrogen and oxygen atoms in total. The Morgan fingerprint density at radius 2 is 1.93 bits per heavy atom. The van der Waals surface area contributed by atoms with Gasteiger partial charge in [0, 0.05) is 12.0 Å². The summed E-state index contributed by atoms with van der Waals surface area (Å²) >= 11 is 0. The number of rotatable bonds is 6. The van der Waals surface area contributed by atoms with Crippen LogP contribution in [0.15, 0.2) is 36.4 Å². The molecule has 28 heavy (non-hydrogen) atoms. The van der Waals surface area contributed by atoms with Gasteiger partial charge >= 0.3 is 6.09 Å². The van der Waals surface area contributed by atoms with E-state index in [9.17, 15) is 13.6 Å². The van der Waals surface area contributed by atoms with E-state index >= 15 is 0 Å². The maximum absolute atomic E-state index is 13.7. The summed E-state index contributed by atoms with van der Waals surface area (Å²) in [5.74, 6) is -0.595. The summed E-state index contributed by atoms with van der Waals surface area (Å²) in [6, 6.07) is 10.0. The number of benzene rings is 2. The van der Waals surface area contributed by atoms with Gasteiger partial charge in [-0.15, -0.1) is 0 Å². The summed E-state index contributed by atoms with van der Waals surface area (Å²) in [6.07, 6.45) is -0.285. The van der Waals surface area contributed by atoms with Crippen LogP contribution >= 0.6 is 0 Å². The highest BCUT2D eigenvalue weighted by Gasteiger charge is 2.15. The Hall–Kier alpha value is -3.14. The molecule has 2 aromatic rings. The number of ether oxygens (including phenoxy) is 2. The molecule has 0 atom stereocenters. The lowest BCUT2D eigenvalue weighted by Crippen LogP contribution is -2.34. The minimum Gasteiger partial charge on any atom is -0.491 e. The van der Waals surface area contributed by atoms with E-state index in [1.54, 1.807) is 26.8 Å². The summed E-state index contributed by atoms with van der Waals surface area (Å²) in [7, 11) is 0. The molecule has 2 aromatic carbocycles. The number of hydrogen-bond donors (Lipinski definition) is 1. The monoisotopic (exact) mass is 388 g/mol. The minimum absolute atomic E-state index is 0.0714. The van der Waals surface area contributed by atoms with Crippen molar-refractivity contribution in [2.24, 2.45) is 0 Å². The topological polar surface area (TPSA) is 71.3 Å². The molecule has 0 fully saturated rings. The molecule has 2 rings (SSSR count). The first kappa shape index (κ1) is 21.2. The molecule has 0 spiro atoms. The molecule has 0 saturated heterocycles. The molecule has 0 unspecified atom stereocenters. The number of hydrogen-bond acceptors (Lipinski definition) is 4. The summed E-state index contributed by atoms with van der Waals surface area (Å²) in [5.41, 5.74) is 0.540. The molecular formula is C21H22F2N2O3. The van der Waals surface area contributed by atoms with Crippen LogP contribution in [0.5, 0.6) is 5.75 Å². The maximum atomic E-state index is 13.7. The summed E-state index contributed by atoms with van der Waals surface area (Å²) in [6.45, 7) is 5.66. The molecule has 0 heterocycles. The molecule has 0 aliphatic heterocycles.